The van der Waals surface area contributed by atoms with E-state index in [4.69, 9.17) is 0 Å². The van der Waals surface area contributed by atoms with Gasteiger partial charge in [0.1, 0.15) is 5.82 Å². The van der Waals surface area contributed by atoms with Crippen LogP contribution in [-0.2, 0) is 24.3 Å². The Kier molecular flexibility index (Phi) is 6.92. The molecule has 3 rings (SSSR count). The maximum absolute atomic E-state index is 12.6. The lowest BCUT2D eigenvalue weighted by Gasteiger charge is -2.13. The Hall–Kier alpha value is -2.38. The summed E-state index contributed by atoms with van der Waals surface area (Å²) in [7, 11) is 0. The number of rotatable bonds is 9. The number of aryl methyl sites for hydroxylation is 2. The second-order valence-electron chi connectivity index (χ2n) is 8.52. The monoisotopic (exact) mass is 403 g/mol. The molecule has 0 bridgehead atoms. The van der Waals surface area contributed by atoms with Gasteiger partial charge in [-0.25, -0.2) is 9.78 Å². The zero-order valence-corrected chi connectivity index (χ0v) is 17.8. The number of hydrogen-bond donors (Lipinski definition) is 2. The highest BCUT2D eigenvalue weighted by Crippen LogP contribution is 2.19. The van der Waals surface area contributed by atoms with Gasteiger partial charge in [-0.05, 0) is 25.2 Å². The highest BCUT2D eigenvalue weighted by Gasteiger charge is 2.21. The van der Waals surface area contributed by atoms with Crippen molar-refractivity contribution in [1.82, 2.24) is 24.4 Å². The second-order valence-corrected chi connectivity index (χ2v) is 8.52. The fourth-order valence-electron chi connectivity index (χ4n) is 4.09. The molecular formula is C21H33N5O3. The van der Waals surface area contributed by atoms with E-state index in [0.717, 1.165) is 25.7 Å². The maximum atomic E-state index is 12.6. The average Bonchev–Trinajstić information content (AvgIpc) is 3.28. The topological polar surface area (TPSA) is 102 Å². The van der Waals surface area contributed by atoms with Crippen LogP contribution in [0, 0.1) is 5.92 Å². The Labute approximate surface area is 170 Å². The van der Waals surface area contributed by atoms with E-state index in [1.54, 1.807) is 4.57 Å². The van der Waals surface area contributed by atoms with Gasteiger partial charge in [0.05, 0.1) is 0 Å². The third-order valence-corrected chi connectivity index (χ3v) is 5.54. The molecule has 160 valence electrons. The molecule has 1 amide bonds. The first-order valence-electron chi connectivity index (χ1n) is 10.9. The third kappa shape index (κ3) is 4.97. The Morgan fingerprint density at radius 1 is 1.24 bits per heavy atom. The van der Waals surface area contributed by atoms with Gasteiger partial charge in [0.15, 0.2) is 11.2 Å². The van der Waals surface area contributed by atoms with E-state index in [1.807, 2.05) is 4.57 Å². The summed E-state index contributed by atoms with van der Waals surface area (Å²) in [6.07, 6.45) is 7.00. The van der Waals surface area contributed by atoms with E-state index < -0.39 is 11.2 Å². The molecule has 8 nitrogen and oxygen atoms in total. The van der Waals surface area contributed by atoms with Crippen molar-refractivity contribution in [2.45, 2.75) is 91.3 Å². The number of carbonyl (C=O) groups excluding carboxylic acids is 1. The zero-order chi connectivity index (χ0) is 21.0. The minimum atomic E-state index is -0.421. The lowest BCUT2D eigenvalue weighted by atomic mass is 10.2. The smallest absolute Gasteiger partial charge is 0.330 e. The highest BCUT2D eigenvalue weighted by atomic mass is 16.2. The van der Waals surface area contributed by atoms with Crippen molar-refractivity contribution in [1.29, 1.82) is 0 Å². The van der Waals surface area contributed by atoms with Crippen LogP contribution in [0.5, 0.6) is 0 Å². The normalized spacial score (nSPS) is 14.9. The molecule has 0 aromatic carbocycles. The molecule has 0 saturated heterocycles. The van der Waals surface area contributed by atoms with Crippen LogP contribution in [0.4, 0.5) is 0 Å². The van der Waals surface area contributed by atoms with Crippen molar-refractivity contribution >= 4 is 17.1 Å². The van der Waals surface area contributed by atoms with E-state index in [1.165, 1.54) is 12.8 Å². The lowest BCUT2D eigenvalue weighted by molar-refractivity contribution is -0.121. The number of nitrogens with zero attached hydrogens (tertiary/aromatic N) is 3. The fraction of sp³-hybridized carbons (Fsp3) is 0.714. The number of aromatic amines is 1. The van der Waals surface area contributed by atoms with Crippen LogP contribution in [0.3, 0.4) is 0 Å². The Morgan fingerprint density at radius 2 is 1.97 bits per heavy atom. The molecule has 0 radical (unpaired) electrons. The van der Waals surface area contributed by atoms with Crippen LogP contribution in [0.1, 0.15) is 71.5 Å². The predicted octanol–water partition coefficient (Wildman–Crippen LogP) is 2.33. The molecule has 29 heavy (non-hydrogen) atoms. The van der Waals surface area contributed by atoms with Gasteiger partial charge in [0.25, 0.3) is 5.56 Å². The molecule has 1 aliphatic rings. The largest absolute Gasteiger partial charge is 0.353 e. The summed E-state index contributed by atoms with van der Waals surface area (Å²) in [5.41, 5.74) is 0.0304. The van der Waals surface area contributed by atoms with E-state index in [9.17, 15) is 14.4 Å². The summed E-state index contributed by atoms with van der Waals surface area (Å²) in [6, 6.07) is 0.291. The van der Waals surface area contributed by atoms with Gasteiger partial charge < -0.3 is 9.88 Å². The first-order valence-corrected chi connectivity index (χ1v) is 10.9. The molecule has 8 heteroatoms. The summed E-state index contributed by atoms with van der Waals surface area (Å²) in [6.45, 7) is 7.33. The molecule has 2 aromatic rings. The molecule has 2 N–H and O–H groups in total. The molecule has 0 spiro atoms. The number of nitrogens with one attached hydrogen (secondary N) is 2. The number of carbonyl (C=O) groups is 1. The minimum Gasteiger partial charge on any atom is -0.353 e. The molecule has 0 aliphatic heterocycles. The van der Waals surface area contributed by atoms with Gasteiger partial charge in [-0.3, -0.25) is 19.1 Å². The SMILES string of the molecule is CCCCn1c(=O)[nH]c(=O)c2c1nc(CCC(=O)NC1CCCC1)n2CC(C)C. The summed E-state index contributed by atoms with van der Waals surface area (Å²) >= 11 is 0. The van der Waals surface area contributed by atoms with Gasteiger partial charge in [0.2, 0.25) is 5.91 Å². The molecular weight excluding hydrogens is 370 g/mol. The molecule has 1 saturated carbocycles. The molecule has 0 unspecified atom stereocenters. The number of H-pyrrole nitrogens is 1. The molecule has 1 aliphatic carbocycles. The zero-order valence-electron chi connectivity index (χ0n) is 17.8. The van der Waals surface area contributed by atoms with Gasteiger partial charge in [-0.1, -0.05) is 40.0 Å². The van der Waals surface area contributed by atoms with Crippen molar-refractivity contribution in [3.05, 3.63) is 26.7 Å². The Morgan fingerprint density at radius 3 is 2.62 bits per heavy atom. The first kappa shape index (κ1) is 21.3. The number of unbranched alkanes of at least 4 members (excludes halogenated alkanes) is 1. The fourth-order valence-corrected chi connectivity index (χ4v) is 4.09. The molecule has 1 fully saturated rings. The molecule has 2 aromatic heterocycles. The summed E-state index contributed by atoms with van der Waals surface area (Å²) in [5.74, 6) is 1.02. The van der Waals surface area contributed by atoms with Gasteiger partial charge in [-0.15, -0.1) is 0 Å². The van der Waals surface area contributed by atoms with Crippen LogP contribution in [0.15, 0.2) is 9.59 Å². The average molecular weight is 404 g/mol. The number of fused-ring (bicyclic) bond motifs is 1. The van der Waals surface area contributed by atoms with Gasteiger partial charge >= 0.3 is 5.69 Å². The van der Waals surface area contributed by atoms with E-state index in [2.05, 4.69) is 36.1 Å². The van der Waals surface area contributed by atoms with E-state index in [0.29, 0.717) is 54.9 Å². The summed E-state index contributed by atoms with van der Waals surface area (Å²) < 4.78 is 3.45. The number of hydrogen-bond acceptors (Lipinski definition) is 4. The Bertz CT molecular complexity index is 963. The van der Waals surface area contributed by atoms with Crippen molar-refractivity contribution in [3.63, 3.8) is 0 Å². The van der Waals surface area contributed by atoms with E-state index in [-0.39, 0.29) is 5.91 Å². The van der Waals surface area contributed by atoms with Gasteiger partial charge in [0, 0.05) is 32.0 Å². The van der Waals surface area contributed by atoms with Crippen molar-refractivity contribution in [3.8, 4) is 0 Å². The van der Waals surface area contributed by atoms with E-state index >= 15 is 0 Å². The minimum absolute atomic E-state index is 0.0253. The summed E-state index contributed by atoms with van der Waals surface area (Å²) in [4.78, 5) is 44.4. The van der Waals surface area contributed by atoms with Crippen LogP contribution >= 0.6 is 0 Å². The number of imidazole rings is 1. The summed E-state index contributed by atoms with van der Waals surface area (Å²) in [5, 5.41) is 3.10. The third-order valence-electron chi connectivity index (χ3n) is 5.54. The van der Waals surface area contributed by atoms with Gasteiger partial charge in [-0.2, -0.15) is 0 Å². The highest BCUT2D eigenvalue weighted by molar-refractivity contribution is 5.77. The molecule has 2 heterocycles. The van der Waals surface area contributed by atoms with Crippen molar-refractivity contribution < 1.29 is 4.79 Å². The van der Waals surface area contributed by atoms with Crippen molar-refractivity contribution in [2.24, 2.45) is 5.92 Å². The number of aromatic nitrogens is 4. The Balaban J connectivity index is 1.92. The first-order chi connectivity index (χ1) is 13.9. The quantitative estimate of drug-likeness (QED) is 0.671. The van der Waals surface area contributed by atoms with Crippen molar-refractivity contribution in [2.75, 3.05) is 0 Å². The van der Waals surface area contributed by atoms with Crippen LogP contribution < -0.4 is 16.6 Å². The second kappa shape index (κ2) is 9.41. The van der Waals surface area contributed by atoms with Crippen LogP contribution in [-0.4, -0.2) is 31.1 Å². The maximum Gasteiger partial charge on any atom is 0.330 e. The van der Waals surface area contributed by atoms with Crippen LogP contribution in [0.2, 0.25) is 0 Å². The van der Waals surface area contributed by atoms with Crippen LogP contribution in [0.25, 0.3) is 11.2 Å². The molecule has 0 atom stereocenters. The standard InChI is InChI=1S/C21H33N5O3/c1-4-5-12-25-19-18(20(28)24-21(25)29)26(13-14(2)3)16(23-19)10-11-17(27)22-15-8-6-7-9-15/h14-15H,4-13H2,1-3H3,(H,22,27)(H,24,28,29). The number of amides is 1. The lowest BCUT2D eigenvalue weighted by Crippen LogP contribution is -2.32. The predicted molar refractivity (Wildman–Crippen MR) is 113 cm³/mol.